The van der Waals surface area contributed by atoms with Crippen molar-refractivity contribution in [1.82, 2.24) is 0 Å². The van der Waals surface area contributed by atoms with Crippen LogP contribution in [0.25, 0.3) is 0 Å². The predicted molar refractivity (Wildman–Crippen MR) is 65.0 cm³/mol. The molecule has 3 aliphatic rings. The minimum atomic E-state index is 0.279. The lowest BCUT2D eigenvalue weighted by Gasteiger charge is -2.36. The van der Waals surface area contributed by atoms with Crippen LogP contribution in [0.15, 0.2) is 11.1 Å². The molecule has 3 atom stereocenters. The van der Waals surface area contributed by atoms with Gasteiger partial charge in [0.05, 0.1) is 0 Å². The highest BCUT2D eigenvalue weighted by Gasteiger charge is 2.63. The summed E-state index contributed by atoms with van der Waals surface area (Å²) < 4.78 is 0. The fourth-order valence-electron chi connectivity index (χ4n) is 5.05. The molecule has 1 spiro atoms. The number of carbonyl (C=O) groups is 1. The summed E-state index contributed by atoms with van der Waals surface area (Å²) in [5.41, 5.74) is 3.20. The second-order valence-electron chi connectivity index (χ2n) is 6.87. The van der Waals surface area contributed by atoms with Gasteiger partial charge in [0.1, 0.15) is 0 Å². The van der Waals surface area contributed by atoms with Crippen LogP contribution in [0.1, 0.15) is 53.4 Å². The van der Waals surface area contributed by atoms with E-state index in [-0.39, 0.29) is 5.41 Å². The van der Waals surface area contributed by atoms with E-state index in [1.54, 1.807) is 0 Å². The van der Waals surface area contributed by atoms with E-state index >= 15 is 0 Å². The molecule has 0 radical (unpaired) electrons. The van der Waals surface area contributed by atoms with Gasteiger partial charge in [-0.05, 0) is 54.4 Å². The van der Waals surface area contributed by atoms with Crippen molar-refractivity contribution in [3.8, 4) is 0 Å². The maximum absolute atomic E-state index is 12.2. The van der Waals surface area contributed by atoms with Crippen molar-refractivity contribution in [3.63, 3.8) is 0 Å². The summed E-state index contributed by atoms with van der Waals surface area (Å²) >= 11 is 0. The molecule has 0 saturated heterocycles. The molecule has 88 valence electrons. The average molecular weight is 218 g/mol. The summed E-state index contributed by atoms with van der Waals surface area (Å²) in [6.07, 6.45) is 4.70. The van der Waals surface area contributed by atoms with Gasteiger partial charge in [-0.2, -0.15) is 0 Å². The van der Waals surface area contributed by atoms with Crippen LogP contribution in [0, 0.1) is 22.7 Å². The van der Waals surface area contributed by atoms with Crippen molar-refractivity contribution < 1.29 is 4.79 Å². The zero-order valence-electron chi connectivity index (χ0n) is 10.9. The number of hydrogen-bond donors (Lipinski definition) is 0. The molecule has 16 heavy (non-hydrogen) atoms. The minimum Gasteiger partial charge on any atom is -0.295 e. The summed E-state index contributed by atoms with van der Waals surface area (Å²) in [4.78, 5) is 12.2. The van der Waals surface area contributed by atoms with Crippen LogP contribution >= 0.6 is 0 Å². The van der Waals surface area contributed by atoms with Crippen LogP contribution < -0.4 is 0 Å². The maximum atomic E-state index is 12.2. The van der Waals surface area contributed by atoms with Gasteiger partial charge >= 0.3 is 0 Å². The largest absolute Gasteiger partial charge is 0.295 e. The summed E-state index contributed by atoms with van der Waals surface area (Å²) in [6.45, 7) is 9.16. The third kappa shape index (κ3) is 0.959. The number of fused-ring (bicyclic) bond motifs is 1. The Morgan fingerprint density at radius 1 is 1.19 bits per heavy atom. The number of Topliss-reactive ketones (excluding diaryl/α,β-unsaturated/α-hetero) is 1. The molecule has 2 fully saturated rings. The molecule has 0 heterocycles. The highest BCUT2D eigenvalue weighted by molar-refractivity contribution is 5.98. The van der Waals surface area contributed by atoms with Crippen molar-refractivity contribution >= 4 is 5.78 Å². The fraction of sp³-hybridized carbons (Fsp3) is 0.800. The van der Waals surface area contributed by atoms with Crippen molar-refractivity contribution in [2.75, 3.05) is 0 Å². The van der Waals surface area contributed by atoms with Crippen LogP contribution in [0.3, 0.4) is 0 Å². The molecule has 0 aromatic heterocycles. The van der Waals surface area contributed by atoms with E-state index in [9.17, 15) is 4.79 Å². The third-order valence-corrected chi connectivity index (χ3v) is 6.08. The Bertz CT molecular complexity index is 402. The topological polar surface area (TPSA) is 17.1 Å². The molecular formula is C15H22O. The first-order valence-corrected chi connectivity index (χ1v) is 6.63. The quantitative estimate of drug-likeness (QED) is 0.605. The summed E-state index contributed by atoms with van der Waals surface area (Å²) in [5.74, 6) is 1.93. The van der Waals surface area contributed by atoms with Gasteiger partial charge in [0.25, 0.3) is 0 Å². The van der Waals surface area contributed by atoms with E-state index in [2.05, 4.69) is 27.7 Å². The average Bonchev–Trinajstić information content (AvgIpc) is 2.59. The van der Waals surface area contributed by atoms with Gasteiger partial charge in [-0.1, -0.05) is 26.3 Å². The Morgan fingerprint density at radius 3 is 2.56 bits per heavy atom. The van der Waals surface area contributed by atoms with Gasteiger partial charge in [0.15, 0.2) is 5.78 Å². The van der Waals surface area contributed by atoms with Crippen LogP contribution in [0.2, 0.25) is 0 Å². The van der Waals surface area contributed by atoms with Crippen LogP contribution in [0.4, 0.5) is 0 Å². The highest BCUT2D eigenvalue weighted by Crippen LogP contribution is 2.70. The van der Waals surface area contributed by atoms with Crippen LogP contribution in [0.5, 0.6) is 0 Å². The molecule has 1 heteroatoms. The zero-order chi connectivity index (χ0) is 11.7. The highest BCUT2D eigenvalue weighted by atomic mass is 16.1. The Hall–Kier alpha value is -0.590. The van der Waals surface area contributed by atoms with E-state index in [1.165, 1.54) is 24.8 Å². The summed E-state index contributed by atoms with van der Waals surface area (Å²) in [7, 11) is 0. The summed E-state index contributed by atoms with van der Waals surface area (Å²) in [5, 5.41) is 0. The Kier molecular flexibility index (Phi) is 1.85. The Balaban J connectivity index is 2.21. The smallest absolute Gasteiger partial charge is 0.159 e. The van der Waals surface area contributed by atoms with Crippen molar-refractivity contribution in [3.05, 3.63) is 11.1 Å². The van der Waals surface area contributed by atoms with Gasteiger partial charge in [-0.15, -0.1) is 0 Å². The molecule has 1 nitrogen and oxygen atoms in total. The fourth-order valence-corrected chi connectivity index (χ4v) is 5.05. The molecule has 2 saturated carbocycles. The van der Waals surface area contributed by atoms with E-state index in [1.807, 2.05) is 0 Å². The standard InChI is InChI=1S/C15H22O/c1-9-5-6-13-14(3,4)11-7-15(9,13)8-12(16)10(11)2/h9,13H,5-8H2,1-4H3. The number of ketones is 1. The van der Waals surface area contributed by atoms with Gasteiger partial charge in [0, 0.05) is 6.42 Å². The number of hydrogen-bond acceptors (Lipinski definition) is 1. The molecular weight excluding hydrogens is 196 g/mol. The zero-order valence-corrected chi connectivity index (χ0v) is 10.9. The lowest BCUT2D eigenvalue weighted by atomic mass is 9.67. The molecule has 0 aromatic carbocycles. The predicted octanol–water partition coefficient (Wildman–Crippen LogP) is 3.74. The van der Waals surface area contributed by atoms with Gasteiger partial charge < -0.3 is 0 Å². The molecule has 3 aliphatic carbocycles. The molecule has 3 unspecified atom stereocenters. The van der Waals surface area contributed by atoms with Gasteiger partial charge in [-0.25, -0.2) is 0 Å². The van der Waals surface area contributed by atoms with Crippen molar-refractivity contribution in [1.29, 1.82) is 0 Å². The second-order valence-corrected chi connectivity index (χ2v) is 6.87. The first-order valence-electron chi connectivity index (χ1n) is 6.63. The van der Waals surface area contributed by atoms with Crippen molar-refractivity contribution in [2.45, 2.75) is 53.4 Å². The normalized spacial score (nSPS) is 45.1. The Morgan fingerprint density at radius 2 is 1.88 bits per heavy atom. The molecule has 3 rings (SSSR count). The first-order chi connectivity index (χ1) is 7.39. The summed E-state index contributed by atoms with van der Waals surface area (Å²) in [6, 6.07) is 0. The van der Waals surface area contributed by atoms with Gasteiger partial charge in [-0.3, -0.25) is 4.79 Å². The van der Waals surface area contributed by atoms with Crippen LogP contribution in [-0.4, -0.2) is 5.78 Å². The van der Waals surface area contributed by atoms with E-state index < -0.39 is 0 Å². The molecule has 0 aliphatic heterocycles. The van der Waals surface area contributed by atoms with E-state index in [0.29, 0.717) is 11.2 Å². The number of allylic oxidation sites excluding steroid dienone is 2. The maximum Gasteiger partial charge on any atom is 0.159 e. The SMILES string of the molecule is CC1=C2CC3(CC1=O)C(C)CCC3C2(C)C. The second kappa shape index (κ2) is 2.80. The monoisotopic (exact) mass is 218 g/mol. The molecule has 0 N–H and O–H groups in total. The molecule has 0 aromatic rings. The molecule has 2 bridgehead atoms. The first kappa shape index (κ1) is 10.6. The van der Waals surface area contributed by atoms with Crippen molar-refractivity contribution in [2.24, 2.45) is 22.7 Å². The number of carbonyl (C=O) groups excluding carboxylic acids is 1. The minimum absolute atomic E-state index is 0.279. The third-order valence-electron chi connectivity index (χ3n) is 6.08. The van der Waals surface area contributed by atoms with Crippen LogP contribution in [-0.2, 0) is 4.79 Å². The lowest BCUT2D eigenvalue weighted by Crippen LogP contribution is -2.33. The van der Waals surface area contributed by atoms with Gasteiger partial charge in [0.2, 0.25) is 0 Å². The Labute approximate surface area is 98.3 Å². The number of rotatable bonds is 0. The lowest BCUT2D eigenvalue weighted by molar-refractivity contribution is -0.119. The van der Waals surface area contributed by atoms with E-state index in [4.69, 9.17) is 0 Å². The van der Waals surface area contributed by atoms with E-state index in [0.717, 1.165) is 23.8 Å². The molecule has 0 amide bonds.